The predicted molar refractivity (Wildman–Crippen MR) is 90.9 cm³/mol. The van der Waals surface area contributed by atoms with Crippen LogP contribution in [0, 0.1) is 0 Å². The van der Waals surface area contributed by atoms with E-state index in [9.17, 15) is 13.2 Å². The summed E-state index contributed by atoms with van der Waals surface area (Å²) in [6, 6.07) is 15.4. The molecule has 0 aromatic heterocycles. The van der Waals surface area contributed by atoms with Crippen LogP contribution < -0.4 is 9.62 Å². The third kappa shape index (κ3) is 3.71. The third-order valence-electron chi connectivity index (χ3n) is 3.54. The molecule has 0 radical (unpaired) electrons. The first kappa shape index (κ1) is 17.0. The molecule has 0 spiro atoms. The number of para-hydroxylation sites is 1. The number of carbonyl (C=O) groups is 1. The largest absolute Gasteiger partial charge is 0.358 e. The summed E-state index contributed by atoms with van der Waals surface area (Å²) < 4.78 is 27.2. The van der Waals surface area contributed by atoms with Crippen LogP contribution in [-0.2, 0) is 21.2 Å². The van der Waals surface area contributed by atoms with Crippen LogP contribution in [0.3, 0.4) is 0 Å². The van der Waals surface area contributed by atoms with Crippen LogP contribution in [0.5, 0.6) is 0 Å². The first-order valence-corrected chi connectivity index (χ1v) is 8.81. The van der Waals surface area contributed by atoms with E-state index >= 15 is 0 Å². The van der Waals surface area contributed by atoms with E-state index in [4.69, 9.17) is 0 Å². The van der Waals surface area contributed by atoms with Gasteiger partial charge in [0, 0.05) is 7.05 Å². The first-order chi connectivity index (χ1) is 11.0. The number of sulfonamides is 1. The van der Waals surface area contributed by atoms with Crippen molar-refractivity contribution in [3.8, 4) is 0 Å². The van der Waals surface area contributed by atoms with E-state index in [1.807, 2.05) is 19.1 Å². The molecule has 5 nitrogen and oxygen atoms in total. The summed E-state index contributed by atoms with van der Waals surface area (Å²) in [5.74, 6) is -0.365. The Balaban J connectivity index is 2.57. The standard InChI is InChI=1S/C17H20N2O3S/c1-3-14-9-7-8-12-16(14)19(13-17(20)18-2)23(21,22)15-10-5-4-6-11-15/h4-12H,3,13H2,1-2H3,(H,18,20). The lowest BCUT2D eigenvalue weighted by atomic mass is 10.1. The highest BCUT2D eigenvalue weighted by atomic mass is 32.2. The number of rotatable bonds is 6. The average molecular weight is 332 g/mol. The Morgan fingerprint density at radius 3 is 2.26 bits per heavy atom. The summed E-state index contributed by atoms with van der Waals surface area (Å²) in [5.41, 5.74) is 1.40. The van der Waals surface area contributed by atoms with Crippen molar-refractivity contribution in [1.29, 1.82) is 0 Å². The molecule has 0 saturated carbocycles. The molecule has 1 amide bonds. The molecule has 2 aromatic rings. The van der Waals surface area contributed by atoms with Crippen molar-refractivity contribution in [2.75, 3.05) is 17.9 Å². The van der Waals surface area contributed by atoms with Gasteiger partial charge in [-0.15, -0.1) is 0 Å². The van der Waals surface area contributed by atoms with Gasteiger partial charge in [-0.2, -0.15) is 0 Å². The number of hydrogen-bond acceptors (Lipinski definition) is 3. The summed E-state index contributed by atoms with van der Waals surface area (Å²) in [6.45, 7) is 1.69. The van der Waals surface area contributed by atoms with Gasteiger partial charge < -0.3 is 5.32 Å². The van der Waals surface area contributed by atoms with Crippen molar-refractivity contribution in [2.24, 2.45) is 0 Å². The molecule has 0 saturated heterocycles. The van der Waals surface area contributed by atoms with Gasteiger partial charge in [0.2, 0.25) is 5.91 Å². The zero-order chi connectivity index (χ0) is 16.9. The summed E-state index contributed by atoms with van der Waals surface area (Å²) in [7, 11) is -2.33. The Kier molecular flexibility index (Phi) is 5.39. The Morgan fingerprint density at radius 1 is 1.04 bits per heavy atom. The van der Waals surface area contributed by atoms with Crippen molar-refractivity contribution in [2.45, 2.75) is 18.2 Å². The Hall–Kier alpha value is -2.34. The number of anilines is 1. The van der Waals surface area contributed by atoms with E-state index in [1.165, 1.54) is 23.5 Å². The number of aryl methyl sites for hydroxylation is 1. The van der Waals surface area contributed by atoms with Crippen LogP contribution in [-0.4, -0.2) is 27.9 Å². The molecule has 23 heavy (non-hydrogen) atoms. The molecule has 0 fully saturated rings. The Labute approximate surface area is 137 Å². The van der Waals surface area contributed by atoms with Gasteiger partial charge in [-0.3, -0.25) is 9.10 Å². The monoisotopic (exact) mass is 332 g/mol. The highest BCUT2D eigenvalue weighted by molar-refractivity contribution is 7.92. The van der Waals surface area contributed by atoms with E-state index in [1.54, 1.807) is 30.3 Å². The molecule has 2 aromatic carbocycles. The number of benzene rings is 2. The maximum Gasteiger partial charge on any atom is 0.264 e. The normalized spacial score (nSPS) is 11.0. The minimum Gasteiger partial charge on any atom is -0.358 e. The fraction of sp³-hybridized carbons (Fsp3) is 0.235. The lowest BCUT2D eigenvalue weighted by Gasteiger charge is -2.25. The fourth-order valence-corrected chi connectivity index (χ4v) is 3.76. The van der Waals surface area contributed by atoms with Gasteiger partial charge in [0.05, 0.1) is 10.6 Å². The quantitative estimate of drug-likeness (QED) is 0.882. The second-order valence-electron chi connectivity index (χ2n) is 4.98. The third-order valence-corrected chi connectivity index (χ3v) is 5.31. The average Bonchev–Trinajstić information content (AvgIpc) is 2.60. The highest BCUT2D eigenvalue weighted by Crippen LogP contribution is 2.27. The zero-order valence-electron chi connectivity index (χ0n) is 13.2. The lowest BCUT2D eigenvalue weighted by Crippen LogP contribution is -2.40. The van der Waals surface area contributed by atoms with Crippen molar-refractivity contribution in [3.63, 3.8) is 0 Å². The molecule has 0 aliphatic carbocycles. The summed E-state index contributed by atoms with van der Waals surface area (Å²) >= 11 is 0. The number of likely N-dealkylation sites (N-methyl/N-ethyl adjacent to an activating group) is 1. The van der Waals surface area contributed by atoms with E-state index < -0.39 is 10.0 Å². The molecule has 0 unspecified atom stereocenters. The van der Waals surface area contributed by atoms with Crippen LogP contribution in [0.1, 0.15) is 12.5 Å². The van der Waals surface area contributed by atoms with Gasteiger partial charge in [0.25, 0.3) is 10.0 Å². The molecular formula is C17H20N2O3S. The second-order valence-corrected chi connectivity index (χ2v) is 6.84. The van der Waals surface area contributed by atoms with Gasteiger partial charge in [0.1, 0.15) is 6.54 Å². The van der Waals surface area contributed by atoms with E-state index in [2.05, 4.69) is 5.32 Å². The molecule has 0 bridgehead atoms. The number of amides is 1. The van der Waals surface area contributed by atoms with Gasteiger partial charge in [-0.1, -0.05) is 43.3 Å². The van der Waals surface area contributed by atoms with Gasteiger partial charge >= 0.3 is 0 Å². The van der Waals surface area contributed by atoms with E-state index in [0.717, 1.165) is 5.56 Å². The number of nitrogens with one attached hydrogen (secondary N) is 1. The molecule has 6 heteroatoms. The Morgan fingerprint density at radius 2 is 1.65 bits per heavy atom. The fourth-order valence-electron chi connectivity index (χ4n) is 2.28. The molecule has 0 heterocycles. The smallest absolute Gasteiger partial charge is 0.264 e. The topological polar surface area (TPSA) is 66.5 Å². The van der Waals surface area contributed by atoms with E-state index in [-0.39, 0.29) is 17.3 Å². The summed E-state index contributed by atoms with van der Waals surface area (Å²) in [4.78, 5) is 12.0. The number of nitrogens with zero attached hydrogens (tertiary/aromatic N) is 1. The van der Waals surface area contributed by atoms with E-state index in [0.29, 0.717) is 12.1 Å². The minimum absolute atomic E-state index is 0.162. The minimum atomic E-state index is -3.82. The highest BCUT2D eigenvalue weighted by Gasteiger charge is 2.27. The number of carbonyl (C=O) groups excluding carboxylic acids is 1. The van der Waals surface area contributed by atoms with Gasteiger partial charge in [-0.05, 0) is 30.2 Å². The van der Waals surface area contributed by atoms with Crippen molar-refractivity contribution in [1.82, 2.24) is 5.32 Å². The summed E-state index contributed by atoms with van der Waals surface area (Å²) in [5, 5.41) is 2.48. The van der Waals surface area contributed by atoms with Crippen LogP contribution in [0.25, 0.3) is 0 Å². The lowest BCUT2D eigenvalue weighted by molar-refractivity contribution is -0.119. The van der Waals surface area contributed by atoms with Crippen molar-refractivity contribution >= 4 is 21.6 Å². The molecule has 2 rings (SSSR count). The molecule has 1 N–H and O–H groups in total. The molecule has 0 aliphatic heterocycles. The molecule has 122 valence electrons. The second kappa shape index (κ2) is 7.28. The SMILES string of the molecule is CCc1ccccc1N(CC(=O)NC)S(=O)(=O)c1ccccc1. The van der Waals surface area contributed by atoms with Crippen LogP contribution >= 0.6 is 0 Å². The van der Waals surface area contributed by atoms with Crippen molar-refractivity contribution in [3.05, 3.63) is 60.2 Å². The van der Waals surface area contributed by atoms with Crippen LogP contribution in [0.4, 0.5) is 5.69 Å². The van der Waals surface area contributed by atoms with Crippen LogP contribution in [0.2, 0.25) is 0 Å². The molecule has 0 atom stereocenters. The zero-order valence-corrected chi connectivity index (χ0v) is 14.0. The van der Waals surface area contributed by atoms with Crippen molar-refractivity contribution < 1.29 is 13.2 Å². The summed E-state index contributed by atoms with van der Waals surface area (Å²) in [6.07, 6.45) is 0.671. The number of hydrogen-bond donors (Lipinski definition) is 1. The maximum atomic E-state index is 13.0. The Bertz CT molecular complexity index is 773. The predicted octanol–water partition coefficient (Wildman–Crippen LogP) is 2.19. The molecule has 0 aliphatic rings. The first-order valence-electron chi connectivity index (χ1n) is 7.37. The molecular weight excluding hydrogens is 312 g/mol. The van der Waals surface area contributed by atoms with Gasteiger partial charge in [0.15, 0.2) is 0 Å². The van der Waals surface area contributed by atoms with Gasteiger partial charge in [-0.25, -0.2) is 8.42 Å². The van der Waals surface area contributed by atoms with Crippen LogP contribution in [0.15, 0.2) is 59.5 Å². The maximum absolute atomic E-state index is 13.0.